The molecular formula is C25H22N4O5. The van der Waals surface area contributed by atoms with Gasteiger partial charge in [0.05, 0.1) is 30.4 Å². The number of carbonyl (C=O) groups is 1. The van der Waals surface area contributed by atoms with Crippen molar-refractivity contribution >= 4 is 27.9 Å². The van der Waals surface area contributed by atoms with Crippen LogP contribution in [0.2, 0.25) is 0 Å². The van der Waals surface area contributed by atoms with Crippen molar-refractivity contribution in [2.24, 2.45) is 0 Å². The lowest BCUT2D eigenvalue weighted by atomic mass is 10.00. The van der Waals surface area contributed by atoms with Crippen LogP contribution in [-0.2, 0) is 6.54 Å². The maximum Gasteiger partial charge on any atom is 0.420 e. The molecule has 172 valence electrons. The number of aromatic nitrogens is 3. The Morgan fingerprint density at radius 3 is 2.59 bits per heavy atom. The molecule has 34 heavy (non-hydrogen) atoms. The third kappa shape index (κ3) is 3.33. The zero-order valence-corrected chi connectivity index (χ0v) is 19.1. The van der Waals surface area contributed by atoms with Gasteiger partial charge >= 0.3 is 5.76 Å². The third-order valence-electron chi connectivity index (χ3n) is 5.84. The van der Waals surface area contributed by atoms with Gasteiger partial charge in [-0.25, -0.2) is 9.78 Å². The number of hydrogen-bond acceptors (Lipinski definition) is 7. The van der Waals surface area contributed by atoms with E-state index in [1.807, 2.05) is 50.2 Å². The summed E-state index contributed by atoms with van der Waals surface area (Å²) in [6, 6.07) is 13.2. The summed E-state index contributed by atoms with van der Waals surface area (Å²) in [7, 11) is 3.07. The Bertz CT molecular complexity index is 1590. The lowest BCUT2D eigenvalue weighted by Gasteiger charge is -2.13. The fraction of sp³-hybridized carbons (Fsp3) is 0.200. The molecule has 0 atom stereocenters. The number of aryl methyl sites for hydroxylation is 2. The van der Waals surface area contributed by atoms with Gasteiger partial charge in [0.2, 0.25) is 0 Å². The molecule has 9 heteroatoms. The summed E-state index contributed by atoms with van der Waals surface area (Å²) < 4.78 is 18.1. The SMILES string of the molecule is CNC(=O)c1nc2cc(-c3c(C)noc3C)c(OC)cc2c2c1oc(=O)n2Cc1ccccc1. The first kappa shape index (κ1) is 21.4. The van der Waals surface area contributed by atoms with Gasteiger partial charge in [0, 0.05) is 18.0 Å². The number of ether oxygens (including phenoxy) is 1. The smallest absolute Gasteiger partial charge is 0.420 e. The van der Waals surface area contributed by atoms with Crippen molar-refractivity contribution in [3.05, 3.63) is 75.7 Å². The Labute approximate surface area is 193 Å². The van der Waals surface area contributed by atoms with E-state index in [0.29, 0.717) is 33.6 Å². The summed E-state index contributed by atoms with van der Waals surface area (Å²) in [6.07, 6.45) is 0. The van der Waals surface area contributed by atoms with Crippen molar-refractivity contribution in [1.29, 1.82) is 0 Å². The molecule has 5 aromatic rings. The van der Waals surface area contributed by atoms with Gasteiger partial charge in [-0.15, -0.1) is 0 Å². The fourth-order valence-corrected chi connectivity index (χ4v) is 4.27. The maximum atomic E-state index is 12.9. The maximum absolute atomic E-state index is 12.9. The largest absolute Gasteiger partial charge is 0.496 e. The molecule has 9 nitrogen and oxygen atoms in total. The van der Waals surface area contributed by atoms with Gasteiger partial charge in [0.15, 0.2) is 11.3 Å². The van der Waals surface area contributed by atoms with E-state index in [0.717, 1.165) is 16.7 Å². The number of carbonyl (C=O) groups excluding carboxylic acids is 1. The molecule has 0 aliphatic carbocycles. The summed E-state index contributed by atoms with van der Waals surface area (Å²) in [5.74, 6) is 0.152. The number of amides is 1. The molecule has 3 heterocycles. The highest BCUT2D eigenvalue weighted by molar-refractivity contribution is 6.12. The second kappa shape index (κ2) is 8.18. The van der Waals surface area contributed by atoms with Crippen LogP contribution in [0.15, 0.2) is 56.2 Å². The van der Waals surface area contributed by atoms with E-state index in [9.17, 15) is 9.59 Å². The zero-order valence-electron chi connectivity index (χ0n) is 19.1. The predicted octanol–water partition coefficient (Wildman–Crippen LogP) is 3.83. The van der Waals surface area contributed by atoms with Gasteiger partial charge in [0.1, 0.15) is 17.0 Å². The molecular weight excluding hydrogens is 436 g/mol. The Morgan fingerprint density at radius 2 is 1.94 bits per heavy atom. The molecule has 0 saturated heterocycles. The molecule has 2 aromatic carbocycles. The molecule has 5 rings (SSSR count). The van der Waals surface area contributed by atoms with Gasteiger partial charge in [-0.1, -0.05) is 35.5 Å². The number of pyridine rings is 1. The highest BCUT2D eigenvalue weighted by atomic mass is 16.5. The molecule has 0 bridgehead atoms. The zero-order chi connectivity index (χ0) is 24.0. The average molecular weight is 458 g/mol. The molecule has 0 unspecified atom stereocenters. The van der Waals surface area contributed by atoms with Crippen LogP contribution in [-0.4, -0.2) is 34.8 Å². The number of rotatable bonds is 5. The van der Waals surface area contributed by atoms with Crippen molar-refractivity contribution in [1.82, 2.24) is 20.0 Å². The molecule has 0 spiro atoms. The number of fused-ring (bicyclic) bond motifs is 3. The van der Waals surface area contributed by atoms with Crippen LogP contribution >= 0.6 is 0 Å². The summed E-state index contributed by atoms with van der Waals surface area (Å²) >= 11 is 0. The Balaban J connectivity index is 1.88. The summed E-state index contributed by atoms with van der Waals surface area (Å²) in [5, 5.41) is 7.24. The van der Waals surface area contributed by atoms with Crippen molar-refractivity contribution in [2.75, 3.05) is 14.2 Å². The number of nitrogens with one attached hydrogen (secondary N) is 1. The number of methoxy groups -OCH3 is 1. The minimum Gasteiger partial charge on any atom is -0.496 e. The molecule has 1 amide bonds. The molecule has 0 saturated carbocycles. The van der Waals surface area contributed by atoms with Crippen LogP contribution in [0, 0.1) is 13.8 Å². The first-order valence-corrected chi connectivity index (χ1v) is 10.7. The van der Waals surface area contributed by atoms with Crippen molar-refractivity contribution in [3.8, 4) is 16.9 Å². The van der Waals surface area contributed by atoms with E-state index in [2.05, 4.69) is 15.5 Å². The monoisotopic (exact) mass is 458 g/mol. The van der Waals surface area contributed by atoms with Gasteiger partial charge in [0.25, 0.3) is 5.91 Å². The normalized spacial score (nSPS) is 11.3. The van der Waals surface area contributed by atoms with Crippen molar-refractivity contribution in [2.45, 2.75) is 20.4 Å². The molecule has 0 aliphatic rings. The lowest BCUT2D eigenvalue weighted by Crippen LogP contribution is -2.19. The highest BCUT2D eigenvalue weighted by Crippen LogP contribution is 2.39. The molecule has 1 N–H and O–H groups in total. The number of benzene rings is 2. The highest BCUT2D eigenvalue weighted by Gasteiger charge is 2.25. The van der Waals surface area contributed by atoms with Crippen molar-refractivity contribution < 1.29 is 18.5 Å². The molecule has 0 fully saturated rings. The minimum absolute atomic E-state index is 0.0313. The number of nitrogens with zero attached hydrogens (tertiary/aromatic N) is 3. The topological polar surface area (TPSA) is 112 Å². The second-order valence-electron chi connectivity index (χ2n) is 7.93. The van der Waals surface area contributed by atoms with Crippen LogP contribution in [0.1, 0.15) is 27.5 Å². The minimum atomic E-state index is -0.577. The predicted molar refractivity (Wildman–Crippen MR) is 126 cm³/mol. The number of hydrogen-bond donors (Lipinski definition) is 1. The van der Waals surface area contributed by atoms with E-state index in [4.69, 9.17) is 13.7 Å². The van der Waals surface area contributed by atoms with Crippen molar-refractivity contribution in [3.63, 3.8) is 0 Å². The Kier molecular flexibility index (Phi) is 5.16. The van der Waals surface area contributed by atoms with E-state index in [1.165, 1.54) is 11.6 Å². The fourth-order valence-electron chi connectivity index (χ4n) is 4.27. The summed E-state index contributed by atoms with van der Waals surface area (Å²) in [4.78, 5) is 30.2. The van der Waals surface area contributed by atoms with E-state index >= 15 is 0 Å². The molecule has 0 radical (unpaired) electrons. The van der Waals surface area contributed by atoms with Gasteiger partial charge < -0.3 is 19.0 Å². The second-order valence-corrected chi connectivity index (χ2v) is 7.93. The average Bonchev–Trinajstić information content (AvgIpc) is 3.35. The first-order chi connectivity index (χ1) is 16.4. The Morgan fingerprint density at radius 1 is 1.18 bits per heavy atom. The van der Waals surface area contributed by atoms with Crippen LogP contribution in [0.4, 0.5) is 0 Å². The number of oxazole rings is 1. The van der Waals surface area contributed by atoms with Crippen LogP contribution in [0.25, 0.3) is 33.1 Å². The van der Waals surface area contributed by atoms with Gasteiger partial charge in [-0.2, -0.15) is 0 Å². The van der Waals surface area contributed by atoms with E-state index < -0.39 is 11.7 Å². The third-order valence-corrected chi connectivity index (χ3v) is 5.84. The summed E-state index contributed by atoms with van der Waals surface area (Å²) in [5.41, 5.74) is 4.26. The van der Waals surface area contributed by atoms with Crippen LogP contribution in [0.3, 0.4) is 0 Å². The lowest BCUT2D eigenvalue weighted by molar-refractivity contribution is 0.0959. The van der Waals surface area contributed by atoms with Gasteiger partial charge in [-0.3, -0.25) is 9.36 Å². The standard InChI is InChI=1S/C25H22N4O5/c1-13-20(14(2)34-28-13)17-10-18-16(11-19(17)32-4)22-23(21(27-18)24(30)26-3)33-25(31)29(22)12-15-8-6-5-7-9-15/h5-11H,12H2,1-4H3,(H,26,30). The van der Waals surface area contributed by atoms with Gasteiger partial charge in [-0.05, 0) is 31.5 Å². The molecule has 3 aromatic heterocycles. The molecule has 0 aliphatic heterocycles. The van der Waals surface area contributed by atoms with E-state index in [1.54, 1.807) is 13.2 Å². The van der Waals surface area contributed by atoms with Crippen LogP contribution < -0.4 is 15.8 Å². The van der Waals surface area contributed by atoms with E-state index in [-0.39, 0.29) is 17.8 Å². The quantitative estimate of drug-likeness (QED) is 0.426. The van der Waals surface area contributed by atoms with Crippen LogP contribution in [0.5, 0.6) is 5.75 Å². The summed E-state index contributed by atoms with van der Waals surface area (Å²) in [6.45, 7) is 3.93. The first-order valence-electron chi connectivity index (χ1n) is 10.7. The Hall–Kier alpha value is -4.40.